The van der Waals surface area contributed by atoms with E-state index in [0.717, 1.165) is 43.5 Å². The monoisotopic (exact) mass is 260 g/mol. The maximum Gasteiger partial charge on any atom is 0.0931 e. The van der Waals surface area contributed by atoms with Gasteiger partial charge in [-0.1, -0.05) is 19.4 Å². The Hall–Kier alpha value is -1.39. The van der Waals surface area contributed by atoms with Gasteiger partial charge in [0.05, 0.1) is 17.4 Å². The van der Waals surface area contributed by atoms with Crippen molar-refractivity contribution >= 4 is 11.0 Å². The number of benzene rings is 1. The maximum absolute atomic E-state index is 5.75. The highest BCUT2D eigenvalue weighted by Gasteiger charge is 2.08. The minimum Gasteiger partial charge on any atom is -0.345 e. The highest BCUT2D eigenvalue weighted by Crippen LogP contribution is 2.12. The lowest BCUT2D eigenvalue weighted by molar-refractivity contribution is 0.277. The van der Waals surface area contributed by atoms with E-state index in [9.17, 15) is 0 Å². The number of fused-ring (bicyclic) bond motifs is 1. The molecule has 1 aromatic heterocycles. The number of nitrogens with zero attached hydrogens (tertiary/aromatic N) is 2. The van der Waals surface area contributed by atoms with Gasteiger partial charge in [-0.15, -0.1) is 0 Å². The second kappa shape index (κ2) is 6.68. The molecule has 1 heterocycles. The number of likely N-dealkylation sites (N-methyl/N-ethyl adjacent to an activating group) is 1. The molecule has 3 N–H and O–H groups in total. The Morgan fingerprint density at radius 2 is 2.26 bits per heavy atom. The lowest BCUT2D eigenvalue weighted by atomic mass is 10.1. The minimum atomic E-state index is 0.611. The molecule has 2 rings (SSSR count). The molecule has 104 valence electrons. The first-order valence-electron chi connectivity index (χ1n) is 7.03. The van der Waals surface area contributed by atoms with Crippen LogP contribution in [0.5, 0.6) is 0 Å². The van der Waals surface area contributed by atoms with E-state index >= 15 is 0 Å². The average Bonchev–Trinajstić information content (AvgIpc) is 2.89. The number of aromatic amines is 1. The molecule has 19 heavy (non-hydrogen) atoms. The fourth-order valence-electron chi connectivity index (χ4n) is 2.36. The van der Waals surface area contributed by atoms with Crippen LogP contribution in [0.2, 0.25) is 0 Å². The van der Waals surface area contributed by atoms with E-state index in [2.05, 4.69) is 47.0 Å². The van der Waals surface area contributed by atoms with Crippen LogP contribution in [0, 0.1) is 5.92 Å². The summed E-state index contributed by atoms with van der Waals surface area (Å²) in [4.78, 5) is 9.77. The lowest BCUT2D eigenvalue weighted by Gasteiger charge is -2.22. The van der Waals surface area contributed by atoms with Crippen LogP contribution in [-0.2, 0) is 6.42 Å². The molecule has 0 radical (unpaired) electrons. The summed E-state index contributed by atoms with van der Waals surface area (Å²) in [6.07, 6.45) is 3.96. The maximum atomic E-state index is 5.75. The molecule has 0 aliphatic carbocycles. The summed E-state index contributed by atoms with van der Waals surface area (Å²) >= 11 is 0. The van der Waals surface area contributed by atoms with Gasteiger partial charge in [0, 0.05) is 13.1 Å². The fourth-order valence-corrected chi connectivity index (χ4v) is 2.36. The van der Waals surface area contributed by atoms with Gasteiger partial charge in [0.15, 0.2) is 0 Å². The van der Waals surface area contributed by atoms with Crippen LogP contribution in [0.1, 0.15) is 18.9 Å². The first-order chi connectivity index (χ1) is 9.22. The fraction of sp³-hybridized carbons (Fsp3) is 0.533. The third kappa shape index (κ3) is 3.78. The molecule has 0 aliphatic heterocycles. The van der Waals surface area contributed by atoms with E-state index in [1.54, 1.807) is 6.33 Å². The summed E-state index contributed by atoms with van der Waals surface area (Å²) in [5, 5.41) is 0. The number of H-pyrrole nitrogens is 1. The zero-order valence-corrected chi connectivity index (χ0v) is 11.9. The van der Waals surface area contributed by atoms with E-state index in [4.69, 9.17) is 5.73 Å². The van der Waals surface area contributed by atoms with Crippen LogP contribution < -0.4 is 5.73 Å². The molecule has 0 bridgehead atoms. The van der Waals surface area contributed by atoms with Gasteiger partial charge in [0.25, 0.3) is 0 Å². The third-order valence-electron chi connectivity index (χ3n) is 3.75. The number of rotatable bonds is 7. The van der Waals surface area contributed by atoms with Crippen molar-refractivity contribution in [3.63, 3.8) is 0 Å². The molecule has 0 fully saturated rings. The summed E-state index contributed by atoms with van der Waals surface area (Å²) in [5.41, 5.74) is 9.26. The number of hydrogen-bond acceptors (Lipinski definition) is 3. The summed E-state index contributed by atoms with van der Waals surface area (Å²) in [7, 11) is 2.17. The average molecular weight is 260 g/mol. The molecular formula is C15H24N4. The molecule has 4 nitrogen and oxygen atoms in total. The van der Waals surface area contributed by atoms with Gasteiger partial charge in [-0.3, -0.25) is 0 Å². The molecule has 4 heteroatoms. The van der Waals surface area contributed by atoms with Crippen molar-refractivity contribution in [2.45, 2.75) is 19.8 Å². The predicted octanol–water partition coefficient (Wildman–Crippen LogP) is 2.02. The van der Waals surface area contributed by atoms with Crippen LogP contribution in [-0.4, -0.2) is 41.5 Å². The summed E-state index contributed by atoms with van der Waals surface area (Å²) in [6.45, 7) is 5.13. The summed E-state index contributed by atoms with van der Waals surface area (Å²) in [5.74, 6) is 0.611. The molecule has 0 amide bonds. The highest BCUT2D eigenvalue weighted by molar-refractivity contribution is 5.75. The third-order valence-corrected chi connectivity index (χ3v) is 3.75. The quantitative estimate of drug-likeness (QED) is 0.801. The minimum absolute atomic E-state index is 0.611. The SMILES string of the molecule is CCC(CN)CN(C)CCc1ccc2nc[nH]c2c1. The van der Waals surface area contributed by atoms with Gasteiger partial charge in [-0.05, 0) is 43.6 Å². The van der Waals surface area contributed by atoms with Gasteiger partial charge in [-0.25, -0.2) is 4.98 Å². The van der Waals surface area contributed by atoms with Gasteiger partial charge >= 0.3 is 0 Å². The van der Waals surface area contributed by atoms with E-state index in [0.29, 0.717) is 5.92 Å². The summed E-state index contributed by atoms with van der Waals surface area (Å²) in [6, 6.07) is 6.43. The van der Waals surface area contributed by atoms with Gasteiger partial charge in [0.2, 0.25) is 0 Å². The Kier molecular flexibility index (Phi) is 4.93. The predicted molar refractivity (Wildman–Crippen MR) is 80.1 cm³/mol. The van der Waals surface area contributed by atoms with E-state index in [1.807, 2.05) is 0 Å². The van der Waals surface area contributed by atoms with Crippen molar-refractivity contribution in [1.29, 1.82) is 0 Å². The van der Waals surface area contributed by atoms with Gasteiger partial charge < -0.3 is 15.6 Å². The van der Waals surface area contributed by atoms with Crippen molar-refractivity contribution in [3.05, 3.63) is 30.1 Å². The molecule has 0 aliphatic rings. The van der Waals surface area contributed by atoms with Gasteiger partial charge in [-0.2, -0.15) is 0 Å². The smallest absolute Gasteiger partial charge is 0.0931 e. The Labute approximate surface area is 115 Å². The Morgan fingerprint density at radius 1 is 1.42 bits per heavy atom. The number of nitrogens with two attached hydrogens (primary N) is 1. The Balaban J connectivity index is 1.87. The first kappa shape index (κ1) is 14.0. The standard InChI is InChI=1S/C15H24N4/c1-3-12(9-16)10-19(2)7-6-13-4-5-14-15(8-13)18-11-17-14/h4-5,8,11-12H,3,6-7,9-10,16H2,1-2H3,(H,17,18). The zero-order valence-electron chi connectivity index (χ0n) is 11.9. The van der Waals surface area contributed by atoms with Crippen LogP contribution in [0.25, 0.3) is 11.0 Å². The molecule has 1 aromatic carbocycles. The molecule has 2 aromatic rings. The first-order valence-corrected chi connectivity index (χ1v) is 7.03. The Bertz CT molecular complexity index is 502. The Morgan fingerprint density at radius 3 is 3.00 bits per heavy atom. The normalized spacial score (nSPS) is 13.3. The molecule has 1 atom stereocenters. The van der Waals surface area contributed by atoms with E-state index in [-0.39, 0.29) is 0 Å². The topological polar surface area (TPSA) is 57.9 Å². The molecule has 0 saturated carbocycles. The van der Waals surface area contributed by atoms with Crippen LogP contribution in [0.4, 0.5) is 0 Å². The summed E-state index contributed by atoms with van der Waals surface area (Å²) < 4.78 is 0. The van der Waals surface area contributed by atoms with Crippen LogP contribution in [0.15, 0.2) is 24.5 Å². The van der Waals surface area contributed by atoms with E-state index < -0.39 is 0 Å². The van der Waals surface area contributed by atoms with Crippen LogP contribution >= 0.6 is 0 Å². The second-order valence-corrected chi connectivity index (χ2v) is 5.28. The molecule has 0 saturated heterocycles. The molecular weight excluding hydrogens is 236 g/mol. The zero-order chi connectivity index (χ0) is 13.7. The van der Waals surface area contributed by atoms with Crippen LogP contribution in [0.3, 0.4) is 0 Å². The van der Waals surface area contributed by atoms with E-state index in [1.165, 1.54) is 5.56 Å². The number of nitrogens with one attached hydrogen (secondary N) is 1. The second-order valence-electron chi connectivity index (χ2n) is 5.28. The van der Waals surface area contributed by atoms with Crippen molar-refractivity contribution < 1.29 is 0 Å². The number of imidazole rings is 1. The van der Waals surface area contributed by atoms with Gasteiger partial charge in [0.1, 0.15) is 0 Å². The largest absolute Gasteiger partial charge is 0.345 e. The number of hydrogen-bond donors (Lipinski definition) is 2. The number of aromatic nitrogens is 2. The van der Waals surface area contributed by atoms with Crippen molar-refractivity contribution in [1.82, 2.24) is 14.9 Å². The molecule has 0 spiro atoms. The molecule has 1 unspecified atom stereocenters. The lowest BCUT2D eigenvalue weighted by Crippen LogP contribution is -2.31. The van der Waals surface area contributed by atoms with Crippen molar-refractivity contribution in [3.8, 4) is 0 Å². The van der Waals surface area contributed by atoms with Crippen molar-refractivity contribution in [2.24, 2.45) is 11.7 Å². The van der Waals surface area contributed by atoms with Crippen molar-refractivity contribution in [2.75, 3.05) is 26.7 Å². The highest BCUT2D eigenvalue weighted by atomic mass is 15.1.